The molecule has 1 heterocycles. The highest BCUT2D eigenvalue weighted by atomic mass is 32.2. The summed E-state index contributed by atoms with van der Waals surface area (Å²) in [5.74, 6) is -0.510. The first kappa shape index (κ1) is 25.2. The van der Waals surface area contributed by atoms with Crippen molar-refractivity contribution in [2.24, 2.45) is 0 Å². The van der Waals surface area contributed by atoms with Gasteiger partial charge in [-0.3, -0.25) is 24.6 Å². The predicted molar refractivity (Wildman–Crippen MR) is 143 cm³/mol. The highest BCUT2D eigenvalue weighted by Crippen LogP contribution is 2.35. The maximum absolute atomic E-state index is 13.1. The van der Waals surface area contributed by atoms with Crippen molar-refractivity contribution in [3.05, 3.63) is 117 Å². The molecule has 1 aliphatic heterocycles. The van der Waals surface area contributed by atoms with Crippen LogP contribution in [0.5, 0.6) is 5.75 Å². The molecule has 0 N–H and O–H groups in total. The van der Waals surface area contributed by atoms with Gasteiger partial charge in [-0.05, 0) is 57.9 Å². The number of carbonyl (C=O) groups excluding carboxylic acids is 2. The summed E-state index contributed by atoms with van der Waals surface area (Å²) in [7, 11) is -4.35. The summed E-state index contributed by atoms with van der Waals surface area (Å²) in [5, 5.41) is 12.5. The molecular weight excluding hydrogens is 528 g/mol. The van der Waals surface area contributed by atoms with Gasteiger partial charge >= 0.3 is 10.1 Å². The van der Waals surface area contributed by atoms with E-state index in [4.69, 9.17) is 4.18 Å². The van der Waals surface area contributed by atoms with Crippen LogP contribution >= 0.6 is 11.8 Å². The first-order chi connectivity index (χ1) is 18.2. The summed E-state index contributed by atoms with van der Waals surface area (Å²) < 4.78 is 30.5. The maximum Gasteiger partial charge on any atom is 0.339 e. The van der Waals surface area contributed by atoms with Gasteiger partial charge in [-0.15, -0.1) is 0 Å². The van der Waals surface area contributed by atoms with Gasteiger partial charge < -0.3 is 4.18 Å². The number of amides is 2. The molecule has 0 unspecified atom stereocenters. The fraction of sp³-hybridized carbons (Fsp3) is 0.0370. The summed E-state index contributed by atoms with van der Waals surface area (Å²) in [5.41, 5.74) is 0.892. The molecule has 0 spiro atoms. The third kappa shape index (κ3) is 5.15. The average Bonchev–Trinajstić information content (AvgIpc) is 3.16. The van der Waals surface area contributed by atoms with Gasteiger partial charge in [0.25, 0.3) is 16.8 Å². The molecule has 0 aliphatic carbocycles. The van der Waals surface area contributed by atoms with Crippen molar-refractivity contribution in [3.63, 3.8) is 0 Å². The van der Waals surface area contributed by atoms with Crippen molar-refractivity contribution in [1.29, 1.82) is 0 Å². The topological polar surface area (TPSA) is 124 Å². The number of hydrogen-bond acceptors (Lipinski definition) is 8. The molecular formula is C27H18N2O7S2. The molecule has 11 heteroatoms. The number of carbonyl (C=O) groups is 2. The Kier molecular flexibility index (Phi) is 6.70. The molecule has 38 heavy (non-hydrogen) atoms. The number of fused-ring (bicyclic) bond motifs is 1. The molecule has 1 aliphatic rings. The van der Waals surface area contributed by atoms with Gasteiger partial charge in [-0.1, -0.05) is 60.7 Å². The van der Waals surface area contributed by atoms with Crippen molar-refractivity contribution >= 4 is 55.6 Å². The predicted octanol–water partition coefficient (Wildman–Crippen LogP) is 5.75. The third-order valence-electron chi connectivity index (χ3n) is 5.76. The fourth-order valence-corrected chi connectivity index (χ4v) is 5.77. The highest BCUT2D eigenvalue weighted by molar-refractivity contribution is 8.18. The van der Waals surface area contributed by atoms with Gasteiger partial charge in [0, 0.05) is 12.1 Å². The zero-order valence-electron chi connectivity index (χ0n) is 19.5. The van der Waals surface area contributed by atoms with Gasteiger partial charge in [0.2, 0.25) is 0 Å². The molecule has 190 valence electrons. The molecule has 1 fully saturated rings. The van der Waals surface area contributed by atoms with Crippen LogP contribution in [-0.2, 0) is 21.5 Å². The zero-order valence-corrected chi connectivity index (χ0v) is 21.1. The second kappa shape index (κ2) is 10.1. The van der Waals surface area contributed by atoms with Crippen molar-refractivity contribution in [2.75, 3.05) is 0 Å². The summed E-state index contributed by atoms with van der Waals surface area (Å²) >= 11 is 0.797. The van der Waals surface area contributed by atoms with Crippen molar-refractivity contribution < 1.29 is 27.1 Å². The number of non-ortho nitro benzene ring substituents is 1. The number of thioether (sulfide) groups is 1. The Morgan fingerprint density at radius 3 is 2.47 bits per heavy atom. The summed E-state index contributed by atoms with van der Waals surface area (Å²) in [6.07, 6.45) is 1.49. The van der Waals surface area contributed by atoms with Crippen LogP contribution in [-0.4, -0.2) is 29.4 Å². The monoisotopic (exact) mass is 546 g/mol. The first-order valence-electron chi connectivity index (χ1n) is 11.2. The van der Waals surface area contributed by atoms with E-state index in [-0.39, 0.29) is 27.8 Å². The number of imide groups is 1. The Morgan fingerprint density at radius 2 is 1.66 bits per heavy atom. The molecule has 0 radical (unpaired) electrons. The van der Waals surface area contributed by atoms with Gasteiger partial charge in [0.15, 0.2) is 0 Å². The third-order valence-corrected chi connectivity index (χ3v) is 7.91. The lowest BCUT2D eigenvalue weighted by Gasteiger charge is -2.14. The lowest BCUT2D eigenvalue weighted by molar-refractivity contribution is -0.385. The summed E-state index contributed by atoms with van der Waals surface area (Å²) in [6.45, 7) is 0.119. The van der Waals surface area contributed by atoms with E-state index in [1.54, 1.807) is 6.07 Å². The number of benzene rings is 4. The SMILES string of the molecule is O=C1S/C(=C\c2cccc(OS(=O)(=O)c3cccc([N+](=O)[O-])c3)c2)C(=O)N1Cc1cccc2ccccc12. The van der Waals surface area contributed by atoms with Crippen LogP contribution in [0.4, 0.5) is 10.5 Å². The first-order valence-corrected chi connectivity index (χ1v) is 13.4. The number of rotatable bonds is 7. The van der Waals surface area contributed by atoms with E-state index in [2.05, 4.69) is 0 Å². The highest BCUT2D eigenvalue weighted by Gasteiger charge is 2.35. The van der Waals surface area contributed by atoms with Gasteiger partial charge in [-0.25, -0.2) is 0 Å². The quantitative estimate of drug-likeness (QED) is 0.124. The van der Waals surface area contributed by atoms with Crippen molar-refractivity contribution in [1.82, 2.24) is 4.90 Å². The van der Waals surface area contributed by atoms with E-state index in [1.807, 2.05) is 42.5 Å². The maximum atomic E-state index is 13.1. The van der Waals surface area contributed by atoms with E-state index in [9.17, 15) is 28.1 Å². The Morgan fingerprint density at radius 1 is 0.921 bits per heavy atom. The number of nitrogens with zero attached hydrogens (tertiary/aromatic N) is 2. The normalized spacial score (nSPS) is 14.8. The minimum absolute atomic E-state index is 0.0553. The molecule has 4 aromatic rings. The van der Waals surface area contributed by atoms with E-state index in [1.165, 1.54) is 47.4 Å². The number of hydrogen-bond donors (Lipinski definition) is 0. The van der Waals surface area contributed by atoms with Gasteiger partial charge in [0.05, 0.1) is 16.4 Å². The second-order valence-corrected chi connectivity index (χ2v) is 10.8. The largest absolute Gasteiger partial charge is 0.379 e. The van der Waals surface area contributed by atoms with E-state index >= 15 is 0 Å². The Balaban J connectivity index is 1.36. The standard InChI is InChI=1S/C27H18N2O7S2/c30-26-25(37-27(31)28(26)17-20-9-4-8-19-7-1-2-13-24(19)20)15-18-6-3-11-22(14-18)36-38(34,35)23-12-5-10-21(16-23)29(32)33/h1-16H,17H2/b25-15-. The van der Waals surface area contributed by atoms with E-state index < -0.39 is 26.2 Å². The van der Waals surface area contributed by atoms with Crippen LogP contribution in [0.15, 0.2) is 101 Å². The van der Waals surface area contributed by atoms with Gasteiger partial charge in [-0.2, -0.15) is 8.42 Å². The molecule has 5 rings (SSSR count). The molecule has 0 saturated carbocycles. The van der Waals surface area contributed by atoms with Gasteiger partial charge in [0.1, 0.15) is 10.6 Å². The summed E-state index contributed by atoms with van der Waals surface area (Å²) in [6, 6.07) is 23.9. The summed E-state index contributed by atoms with van der Waals surface area (Å²) in [4.78, 5) is 37.0. The molecule has 0 aromatic heterocycles. The Hall–Kier alpha value is -4.48. The van der Waals surface area contributed by atoms with Crippen LogP contribution in [0, 0.1) is 10.1 Å². The lowest BCUT2D eigenvalue weighted by Crippen LogP contribution is -2.27. The Bertz CT molecular complexity index is 1740. The lowest BCUT2D eigenvalue weighted by atomic mass is 10.0. The van der Waals surface area contributed by atoms with E-state index in [0.29, 0.717) is 5.56 Å². The molecule has 4 aromatic carbocycles. The molecule has 2 amide bonds. The van der Waals surface area contributed by atoms with Crippen molar-refractivity contribution in [2.45, 2.75) is 11.4 Å². The van der Waals surface area contributed by atoms with Crippen LogP contribution in [0.3, 0.4) is 0 Å². The van der Waals surface area contributed by atoms with Crippen LogP contribution in [0.2, 0.25) is 0 Å². The smallest absolute Gasteiger partial charge is 0.339 e. The van der Waals surface area contributed by atoms with Crippen LogP contribution in [0.25, 0.3) is 16.8 Å². The molecule has 9 nitrogen and oxygen atoms in total. The number of nitro benzene ring substituents is 1. The molecule has 0 atom stereocenters. The zero-order chi connectivity index (χ0) is 26.9. The minimum atomic E-state index is -4.35. The number of nitro groups is 1. The van der Waals surface area contributed by atoms with Crippen LogP contribution < -0.4 is 4.18 Å². The second-order valence-electron chi connectivity index (χ2n) is 8.27. The fourth-order valence-electron chi connectivity index (χ4n) is 3.97. The van der Waals surface area contributed by atoms with Crippen LogP contribution in [0.1, 0.15) is 11.1 Å². The van der Waals surface area contributed by atoms with Crippen molar-refractivity contribution in [3.8, 4) is 5.75 Å². The van der Waals surface area contributed by atoms with E-state index in [0.717, 1.165) is 34.2 Å². The average molecular weight is 547 g/mol. The Labute approximate surface area is 221 Å². The molecule has 0 bridgehead atoms. The molecule has 1 saturated heterocycles. The minimum Gasteiger partial charge on any atom is -0.379 e.